The first kappa shape index (κ1) is 12.4. The molecule has 0 saturated carbocycles. The van der Waals surface area contributed by atoms with Crippen molar-refractivity contribution in [2.45, 2.75) is 4.90 Å². The molecule has 0 aromatic heterocycles. The first-order valence-electron chi connectivity index (χ1n) is 5.16. The van der Waals surface area contributed by atoms with E-state index in [0.29, 0.717) is 5.69 Å². The van der Waals surface area contributed by atoms with Crippen molar-refractivity contribution in [1.29, 1.82) is 0 Å². The van der Waals surface area contributed by atoms with Crippen LogP contribution in [0.1, 0.15) is 0 Å². The van der Waals surface area contributed by atoms with Crippen LogP contribution in [0.15, 0.2) is 53.4 Å². The number of hydrogen-bond acceptors (Lipinski definition) is 4. The Morgan fingerprint density at radius 1 is 1.00 bits per heavy atom. The van der Waals surface area contributed by atoms with Gasteiger partial charge in [0.2, 0.25) is 0 Å². The Bertz CT molecular complexity index is 654. The Hall–Kier alpha value is -2.05. The zero-order chi connectivity index (χ0) is 13.2. The van der Waals surface area contributed by atoms with Gasteiger partial charge in [0.25, 0.3) is 10.1 Å². The average Bonchev–Trinajstić information content (AvgIpc) is 2.32. The molecule has 0 atom stereocenters. The van der Waals surface area contributed by atoms with Crippen molar-refractivity contribution in [3.8, 4) is 0 Å². The Morgan fingerprint density at radius 2 is 1.67 bits per heavy atom. The van der Waals surface area contributed by atoms with Crippen molar-refractivity contribution in [2.24, 2.45) is 0 Å². The van der Waals surface area contributed by atoms with Crippen LogP contribution in [0.5, 0.6) is 0 Å². The van der Waals surface area contributed by atoms with E-state index in [2.05, 4.69) is 5.32 Å². The second-order valence-electron chi connectivity index (χ2n) is 3.68. The third-order valence-corrected chi connectivity index (χ3v) is 3.31. The van der Waals surface area contributed by atoms with Crippen LogP contribution in [0.25, 0.3) is 0 Å². The number of nitrogens with one attached hydrogen (secondary N) is 1. The van der Waals surface area contributed by atoms with Gasteiger partial charge in [-0.1, -0.05) is 24.3 Å². The lowest BCUT2D eigenvalue weighted by Gasteiger charge is -2.11. The van der Waals surface area contributed by atoms with E-state index < -0.39 is 10.1 Å². The van der Waals surface area contributed by atoms with Crippen LogP contribution in [0.2, 0.25) is 0 Å². The van der Waals surface area contributed by atoms with Gasteiger partial charge >= 0.3 is 0 Å². The Balaban J connectivity index is 2.42. The molecule has 2 aromatic carbocycles. The Morgan fingerprint density at radius 3 is 2.28 bits per heavy atom. The normalized spacial score (nSPS) is 11.2. The fraction of sp³-hybridized carbons (Fsp3) is 0. The van der Waals surface area contributed by atoms with Crippen molar-refractivity contribution in [1.82, 2.24) is 0 Å². The zero-order valence-electron chi connectivity index (χ0n) is 9.37. The largest absolute Gasteiger partial charge is 0.396 e. The maximum Gasteiger partial charge on any atom is 0.296 e. The lowest BCUT2D eigenvalue weighted by atomic mass is 10.2. The maximum atomic E-state index is 11.1. The molecule has 4 N–H and O–H groups in total. The topological polar surface area (TPSA) is 92.4 Å². The molecule has 2 aromatic rings. The summed E-state index contributed by atoms with van der Waals surface area (Å²) in [6, 6.07) is 13.6. The monoisotopic (exact) mass is 264 g/mol. The highest BCUT2D eigenvalue weighted by molar-refractivity contribution is 7.86. The molecule has 0 fully saturated rings. The number of nitrogen functional groups attached to an aromatic ring is 1. The Labute approximate surface area is 105 Å². The molecule has 0 saturated heterocycles. The number of hydrogen-bond donors (Lipinski definition) is 3. The van der Waals surface area contributed by atoms with Crippen molar-refractivity contribution >= 4 is 27.2 Å². The quantitative estimate of drug-likeness (QED) is 0.584. The van der Waals surface area contributed by atoms with Gasteiger partial charge in [-0.15, -0.1) is 0 Å². The van der Waals surface area contributed by atoms with Crippen LogP contribution in [0, 0.1) is 0 Å². The molecule has 0 aliphatic heterocycles. The smallest absolute Gasteiger partial charge is 0.296 e. The molecule has 0 aliphatic rings. The van der Waals surface area contributed by atoms with Crippen LogP contribution in [-0.2, 0) is 10.1 Å². The molecular formula is C12H12N2O3S. The molecule has 94 valence electrons. The molecular weight excluding hydrogens is 252 g/mol. The number of anilines is 3. The van der Waals surface area contributed by atoms with Gasteiger partial charge in [0.05, 0.1) is 11.4 Å². The van der Waals surface area contributed by atoms with Gasteiger partial charge < -0.3 is 11.1 Å². The summed E-state index contributed by atoms with van der Waals surface area (Å²) in [4.78, 5) is -0.302. The van der Waals surface area contributed by atoms with Crippen LogP contribution in [0.4, 0.5) is 17.1 Å². The fourth-order valence-electron chi connectivity index (χ4n) is 1.55. The molecule has 0 radical (unpaired) electrons. The summed E-state index contributed by atoms with van der Waals surface area (Å²) < 4.78 is 31.2. The molecule has 0 spiro atoms. The van der Waals surface area contributed by atoms with Crippen molar-refractivity contribution in [3.63, 3.8) is 0 Å². The summed E-state index contributed by atoms with van der Waals surface area (Å²) in [5, 5.41) is 2.98. The molecule has 6 heteroatoms. The molecule has 18 heavy (non-hydrogen) atoms. The highest BCUT2D eigenvalue weighted by atomic mass is 32.2. The highest BCUT2D eigenvalue weighted by Crippen LogP contribution is 2.28. The minimum absolute atomic E-state index is 0.0103. The number of benzene rings is 2. The lowest BCUT2D eigenvalue weighted by Crippen LogP contribution is -2.05. The molecule has 0 amide bonds. The summed E-state index contributed by atoms with van der Waals surface area (Å²) in [7, 11) is -4.31. The number of para-hydroxylation sites is 2. The summed E-state index contributed by atoms with van der Waals surface area (Å²) in [5.74, 6) is 0. The van der Waals surface area contributed by atoms with E-state index in [-0.39, 0.29) is 10.6 Å². The molecule has 0 heterocycles. The second kappa shape index (κ2) is 4.67. The third-order valence-electron chi connectivity index (χ3n) is 2.40. The molecule has 2 rings (SSSR count). The second-order valence-corrected chi connectivity index (χ2v) is 5.07. The van der Waals surface area contributed by atoms with E-state index >= 15 is 0 Å². The third kappa shape index (κ3) is 2.61. The SMILES string of the molecule is Nc1c(Nc2ccccc2)cccc1S(=O)(=O)O. The summed E-state index contributed by atoms with van der Waals surface area (Å²) in [5.41, 5.74) is 6.91. The summed E-state index contributed by atoms with van der Waals surface area (Å²) in [6.45, 7) is 0. The van der Waals surface area contributed by atoms with Crippen molar-refractivity contribution in [2.75, 3.05) is 11.1 Å². The molecule has 0 aliphatic carbocycles. The van der Waals surface area contributed by atoms with Gasteiger partial charge in [-0.3, -0.25) is 4.55 Å². The number of nitrogens with two attached hydrogens (primary N) is 1. The van der Waals surface area contributed by atoms with Gasteiger partial charge in [0.1, 0.15) is 4.90 Å². The predicted molar refractivity (Wildman–Crippen MR) is 70.4 cm³/mol. The van der Waals surface area contributed by atoms with Crippen molar-refractivity contribution < 1.29 is 13.0 Å². The van der Waals surface area contributed by atoms with E-state index in [1.165, 1.54) is 12.1 Å². The minimum atomic E-state index is -4.31. The fourth-order valence-corrected chi connectivity index (χ4v) is 2.19. The highest BCUT2D eigenvalue weighted by Gasteiger charge is 2.15. The van der Waals surface area contributed by atoms with E-state index in [4.69, 9.17) is 10.3 Å². The summed E-state index contributed by atoms with van der Waals surface area (Å²) in [6.07, 6.45) is 0. The molecule has 0 unspecified atom stereocenters. The van der Waals surface area contributed by atoms with Crippen LogP contribution < -0.4 is 11.1 Å². The first-order chi connectivity index (χ1) is 8.48. The van der Waals surface area contributed by atoms with E-state index in [0.717, 1.165) is 5.69 Å². The minimum Gasteiger partial charge on any atom is -0.396 e. The van der Waals surface area contributed by atoms with E-state index in [9.17, 15) is 8.42 Å². The van der Waals surface area contributed by atoms with E-state index in [1.54, 1.807) is 6.07 Å². The van der Waals surface area contributed by atoms with Crippen LogP contribution in [-0.4, -0.2) is 13.0 Å². The van der Waals surface area contributed by atoms with Gasteiger partial charge in [-0.05, 0) is 24.3 Å². The summed E-state index contributed by atoms with van der Waals surface area (Å²) >= 11 is 0. The van der Waals surface area contributed by atoms with Crippen LogP contribution >= 0.6 is 0 Å². The number of rotatable bonds is 3. The van der Waals surface area contributed by atoms with E-state index in [1.807, 2.05) is 30.3 Å². The Kier molecular flexibility index (Phi) is 3.22. The zero-order valence-corrected chi connectivity index (χ0v) is 10.2. The van der Waals surface area contributed by atoms with Gasteiger partial charge in [0, 0.05) is 5.69 Å². The molecule has 5 nitrogen and oxygen atoms in total. The van der Waals surface area contributed by atoms with Gasteiger partial charge in [-0.25, -0.2) is 0 Å². The predicted octanol–water partition coefficient (Wildman–Crippen LogP) is 2.26. The van der Waals surface area contributed by atoms with Crippen LogP contribution in [0.3, 0.4) is 0 Å². The molecule has 0 bridgehead atoms. The van der Waals surface area contributed by atoms with Gasteiger partial charge in [0.15, 0.2) is 0 Å². The van der Waals surface area contributed by atoms with Gasteiger partial charge in [-0.2, -0.15) is 8.42 Å². The standard InChI is InChI=1S/C12H12N2O3S/c13-12-10(14-9-5-2-1-3-6-9)7-4-8-11(12)18(15,16)17/h1-8,14H,13H2,(H,15,16,17). The lowest BCUT2D eigenvalue weighted by molar-refractivity contribution is 0.483. The average molecular weight is 264 g/mol. The maximum absolute atomic E-state index is 11.1. The van der Waals surface area contributed by atoms with Crippen molar-refractivity contribution in [3.05, 3.63) is 48.5 Å². The first-order valence-corrected chi connectivity index (χ1v) is 6.60.